The zero-order chi connectivity index (χ0) is 16.1. The largest absolute Gasteiger partial charge is 0.497 e. The van der Waals surface area contributed by atoms with Crippen LogP contribution in [0.15, 0.2) is 42.5 Å². The summed E-state index contributed by atoms with van der Waals surface area (Å²) in [5, 5.41) is 0. The Morgan fingerprint density at radius 1 is 1.14 bits per heavy atom. The molecule has 2 aromatic carbocycles. The normalized spacial score (nSPS) is 9.95. The van der Waals surface area contributed by atoms with E-state index in [0.29, 0.717) is 16.9 Å². The Morgan fingerprint density at radius 3 is 2.41 bits per heavy atom. The molecule has 0 saturated carbocycles. The third kappa shape index (κ3) is 2.93. The lowest BCUT2D eigenvalue weighted by atomic mass is 10.2. The summed E-state index contributed by atoms with van der Waals surface area (Å²) in [6.07, 6.45) is 0. The van der Waals surface area contributed by atoms with Crippen molar-refractivity contribution in [3.05, 3.63) is 48.0 Å². The Bertz CT molecular complexity index is 776. The van der Waals surface area contributed by atoms with Gasteiger partial charge in [0, 0.05) is 5.56 Å². The maximum Gasteiger partial charge on any atom is 0.250 e. The number of nitrogens with one attached hydrogen (secondary N) is 1. The van der Waals surface area contributed by atoms with Crippen LogP contribution in [0.1, 0.15) is 24.2 Å². The zero-order valence-electron chi connectivity index (χ0n) is 12.9. The van der Waals surface area contributed by atoms with Gasteiger partial charge in [-0.15, -0.1) is 0 Å². The van der Waals surface area contributed by atoms with E-state index in [9.17, 15) is 4.79 Å². The molecule has 1 heterocycles. The number of primary amides is 1. The minimum Gasteiger partial charge on any atom is -0.497 e. The highest BCUT2D eigenvalue weighted by molar-refractivity contribution is 6.04. The summed E-state index contributed by atoms with van der Waals surface area (Å²) in [5.74, 6) is 0.988. The number of amides is 1. The van der Waals surface area contributed by atoms with Crippen molar-refractivity contribution in [2.24, 2.45) is 5.73 Å². The van der Waals surface area contributed by atoms with Gasteiger partial charge in [-0.1, -0.05) is 19.9 Å². The first-order valence-corrected chi connectivity index (χ1v) is 7.12. The molecule has 0 aliphatic heterocycles. The number of benzene rings is 2. The molecule has 0 fully saturated rings. The highest BCUT2D eigenvalue weighted by Gasteiger charge is 2.11. The van der Waals surface area contributed by atoms with E-state index in [2.05, 4.69) is 9.97 Å². The predicted molar refractivity (Wildman–Crippen MR) is 87.9 cm³/mol. The van der Waals surface area contributed by atoms with Crippen molar-refractivity contribution in [2.75, 3.05) is 7.11 Å². The molecule has 1 amide bonds. The van der Waals surface area contributed by atoms with E-state index in [1.165, 1.54) is 0 Å². The molecule has 0 aliphatic carbocycles. The van der Waals surface area contributed by atoms with Gasteiger partial charge < -0.3 is 15.5 Å². The molecule has 0 atom stereocenters. The van der Waals surface area contributed by atoms with E-state index in [1.807, 2.05) is 44.2 Å². The van der Waals surface area contributed by atoms with Crippen LogP contribution in [-0.2, 0) is 0 Å². The number of fused-ring (bicyclic) bond motifs is 1. The molecule has 0 radical (unpaired) electrons. The molecule has 3 rings (SSSR count). The first-order valence-electron chi connectivity index (χ1n) is 7.12. The van der Waals surface area contributed by atoms with Crippen LogP contribution < -0.4 is 10.5 Å². The molecule has 5 nitrogen and oxygen atoms in total. The summed E-state index contributed by atoms with van der Waals surface area (Å²) >= 11 is 0. The zero-order valence-corrected chi connectivity index (χ0v) is 12.9. The van der Waals surface area contributed by atoms with Crippen LogP contribution in [0.4, 0.5) is 0 Å². The van der Waals surface area contributed by atoms with E-state index in [1.54, 1.807) is 19.2 Å². The van der Waals surface area contributed by atoms with E-state index < -0.39 is 5.91 Å². The molecule has 3 aromatic rings. The fourth-order valence-electron chi connectivity index (χ4n) is 2.12. The number of hydrogen-bond acceptors (Lipinski definition) is 3. The second-order valence-electron chi connectivity index (χ2n) is 4.38. The molecule has 22 heavy (non-hydrogen) atoms. The number of nitrogens with zero attached hydrogens (tertiary/aromatic N) is 1. The van der Waals surface area contributed by atoms with Crippen LogP contribution in [0, 0.1) is 0 Å². The topological polar surface area (TPSA) is 81.0 Å². The molecule has 0 spiro atoms. The number of rotatable bonds is 3. The second kappa shape index (κ2) is 6.76. The van der Waals surface area contributed by atoms with Gasteiger partial charge in [0.15, 0.2) is 0 Å². The van der Waals surface area contributed by atoms with Crippen molar-refractivity contribution in [1.82, 2.24) is 9.97 Å². The maximum absolute atomic E-state index is 11.4. The average molecular weight is 297 g/mol. The van der Waals surface area contributed by atoms with E-state index >= 15 is 0 Å². The molecule has 0 bridgehead atoms. The molecular weight excluding hydrogens is 278 g/mol. The van der Waals surface area contributed by atoms with Gasteiger partial charge in [0.25, 0.3) is 5.91 Å². The second-order valence-corrected chi connectivity index (χ2v) is 4.38. The van der Waals surface area contributed by atoms with Crippen LogP contribution in [0.3, 0.4) is 0 Å². The molecule has 0 aliphatic rings. The molecule has 1 aromatic heterocycles. The maximum atomic E-state index is 11.4. The quantitative estimate of drug-likeness (QED) is 0.777. The first kappa shape index (κ1) is 15.6. The minimum absolute atomic E-state index is 0.415. The van der Waals surface area contributed by atoms with Crippen molar-refractivity contribution in [1.29, 1.82) is 0 Å². The third-order valence-electron chi connectivity index (χ3n) is 3.14. The number of aromatic nitrogens is 2. The van der Waals surface area contributed by atoms with E-state index in [0.717, 1.165) is 16.8 Å². The smallest absolute Gasteiger partial charge is 0.250 e. The van der Waals surface area contributed by atoms with Gasteiger partial charge in [0.1, 0.15) is 17.1 Å². The van der Waals surface area contributed by atoms with Crippen molar-refractivity contribution < 1.29 is 9.53 Å². The lowest BCUT2D eigenvalue weighted by Crippen LogP contribution is -2.11. The monoisotopic (exact) mass is 297 g/mol. The number of imidazole rings is 1. The predicted octanol–water partition coefficient (Wildman–Crippen LogP) is 3.36. The molecule has 5 heteroatoms. The van der Waals surface area contributed by atoms with Gasteiger partial charge in [0.2, 0.25) is 0 Å². The van der Waals surface area contributed by atoms with Gasteiger partial charge in [0.05, 0.1) is 18.2 Å². The molecule has 114 valence electrons. The van der Waals surface area contributed by atoms with E-state index in [-0.39, 0.29) is 0 Å². The average Bonchev–Trinajstić information content (AvgIpc) is 3.00. The van der Waals surface area contributed by atoms with Crippen LogP contribution in [-0.4, -0.2) is 23.0 Å². The number of ether oxygens (including phenoxy) is 1. The number of para-hydroxylation sites is 1. The Hall–Kier alpha value is -2.82. The fraction of sp³-hybridized carbons (Fsp3) is 0.176. The number of aromatic amines is 1. The van der Waals surface area contributed by atoms with Gasteiger partial charge in [-0.25, -0.2) is 4.98 Å². The standard InChI is InChI=1S/C15H13N3O2.C2H6/c1-20-10-7-5-9(6-8-10)15-17-12-4-2-3-11(14(16)19)13(12)18-15;1-2/h2-8H,1H3,(H2,16,19)(H,17,18);1-2H3. The van der Waals surface area contributed by atoms with Crippen LogP contribution in [0.5, 0.6) is 5.75 Å². The summed E-state index contributed by atoms with van der Waals surface area (Å²) in [6.45, 7) is 4.00. The van der Waals surface area contributed by atoms with Crippen molar-refractivity contribution in [3.63, 3.8) is 0 Å². The van der Waals surface area contributed by atoms with Crippen molar-refractivity contribution in [2.45, 2.75) is 13.8 Å². The SMILES string of the molecule is CC.COc1ccc(-c2nc3c(C(N)=O)cccc3[nH]2)cc1. The van der Waals surface area contributed by atoms with Crippen LogP contribution in [0.25, 0.3) is 22.4 Å². The third-order valence-corrected chi connectivity index (χ3v) is 3.14. The first-order chi connectivity index (χ1) is 10.7. The Kier molecular flexibility index (Phi) is 4.78. The summed E-state index contributed by atoms with van der Waals surface area (Å²) in [6, 6.07) is 12.8. The van der Waals surface area contributed by atoms with Gasteiger partial charge in [-0.05, 0) is 36.4 Å². The molecular formula is C17H19N3O2. The van der Waals surface area contributed by atoms with Gasteiger partial charge in [-0.2, -0.15) is 0 Å². The number of hydrogen-bond donors (Lipinski definition) is 2. The van der Waals surface area contributed by atoms with Crippen molar-refractivity contribution in [3.8, 4) is 17.1 Å². The molecule has 3 N–H and O–H groups in total. The Morgan fingerprint density at radius 2 is 1.82 bits per heavy atom. The number of nitrogens with two attached hydrogens (primary N) is 1. The highest BCUT2D eigenvalue weighted by Crippen LogP contribution is 2.24. The minimum atomic E-state index is -0.483. The summed E-state index contributed by atoms with van der Waals surface area (Å²) in [5.41, 5.74) is 8.06. The number of methoxy groups -OCH3 is 1. The van der Waals surface area contributed by atoms with Gasteiger partial charge >= 0.3 is 0 Å². The summed E-state index contributed by atoms with van der Waals surface area (Å²) in [4.78, 5) is 19.0. The number of carbonyl (C=O) groups is 1. The van der Waals surface area contributed by atoms with Crippen molar-refractivity contribution >= 4 is 16.9 Å². The Labute approximate surface area is 129 Å². The Balaban J connectivity index is 0.000000847. The number of carbonyl (C=O) groups excluding carboxylic acids is 1. The number of H-pyrrole nitrogens is 1. The lowest BCUT2D eigenvalue weighted by Gasteiger charge is -2.00. The highest BCUT2D eigenvalue weighted by atomic mass is 16.5. The van der Waals surface area contributed by atoms with Gasteiger partial charge in [-0.3, -0.25) is 4.79 Å². The summed E-state index contributed by atoms with van der Waals surface area (Å²) in [7, 11) is 1.62. The molecule has 0 saturated heterocycles. The fourth-order valence-corrected chi connectivity index (χ4v) is 2.12. The molecule has 0 unspecified atom stereocenters. The summed E-state index contributed by atoms with van der Waals surface area (Å²) < 4.78 is 5.12. The lowest BCUT2D eigenvalue weighted by molar-refractivity contribution is 0.100. The van der Waals surface area contributed by atoms with Crippen LogP contribution >= 0.6 is 0 Å². The van der Waals surface area contributed by atoms with Crippen LogP contribution in [0.2, 0.25) is 0 Å². The van der Waals surface area contributed by atoms with E-state index in [4.69, 9.17) is 10.5 Å².